The molecule has 15 heavy (non-hydrogen) atoms. The van der Waals surface area contributed by atoms with Crippen molar-refractivity contribution in [3.63, 3.8) is 0 Å². The largest absolute Gasteiger partial charge is 0.351 e. The summed E-state index contributed by atoms with van der Waals surface area (Å²) in [4.78, 5) is 17.8. The molecule has 0 spiro atoms. The molecular formula is C12H8N2O. The van der Waals surface area contributed by atoms with Gasteiger partial charge in [0.15, 0.2) is 6.29 Å². The molecule has 0 aliphatic carbocycles. The van der Waals surface area contributed by atoms with Gasteiger partial charge in [-0.2, -0.15) is 0 Å². The highest BCUT2D eigenvalue weighted by Gasteiger charge is 2.10. The second kappa shape index (κ2) is 3.81. The predicted molar refractivity (Wildman–Crippen MR) is 57.3 cm³/mol. The van der Waals surface area contributed by atoms with E-state index in [1.54, 1.807) is 30.7 Å². The maximum absolute atomic E-state index is 10.9. The predicted octanol–water partition coefficient (Wildman–Crippen LogP) is 1.87. The topological polar surface area (TPSA) is 45.8 Å². The van der Waals surface area contributed by atoms with Crippen molar-refractivity contribution in [3.8, 4) is 23.6 Å². The monoisotopic (exact) mass is 196 g/mol. The van der Waals surface area contributed by atoms with Gasteiger partial charge in [-0.3, -0.25) is 4.79 Å². The lowest BCUT2D eigenvalue weighted by Crippen LogP contribution is -1.91. The van der Waals surface area contributed by atoms with E-state index in [0.717, 1.165) is 6.29 Å². The number of benzene rings is 1. The van der Waals surface area contributed by atoms with Crippen molar-refractivity contribution < 1.29 is 4.79 Å². The third-order valence-corrected chi connectivity index (χ3v) is 2.13. The number of rotatable bonds is 2. The van der Waals surface area contributed by atoms with E-state index >= 15 is 0 Å². The minimum absolute atomic E-state index is 0.553. The van der Waals surface area contributed by atoms with Crippen LogP contribution in [0.5, 0.6) is 0 Å². The van der Waals surface area contributed by atoms with E-state index in [4.69, 9.17) is 6.42 Å². The highest BCUT2D eigenvalue weighted by Crippen LogP contribution is 2.24. The van der Waals surface area contributed by atoms with Crippen molar-refractivity contribution in [3.05, 3.63) is 41.9 Å². The number of H-pyrrole nitrogens is 1. The minimum atomic E-state index is 0.553. The second-order valence-electron chi connectivity index (χ2n) is 2.99. The quantitative estimate of drug-likeness (QED) is 0.588. The molecule has 72 valence electrons. The fraction of sp³-hybridized carbons (Fsp3) is 0. The molecule has 0 atom stereocenters. The molecule has 0 radical (unpaired) electrons. The molecule has 0 aliphatic heterocycles. The number of carbonyl (C=O) groups excluding carboxylic acids is 1. The Hall–Kier alpha value is -2.34. The number of hydrogen-bond acceptors (Lipinski definition) is 2. The second-order valence-corrected chi connectivity index (χ2v) is 2.99. The lowest BCUT2D eigenvalue weighted by Gasteiger charge is -2.03. The Morgan fingerprint density at radius 3 is 2.93 bits per heavy atom. The van der Waals surface area contributed by atoms with Gasteiger partial charge in [0.25, 0.3) is 0 Å². The number of aromatic amines is 1. The Morgan fingerprint density at radius 1 is 1.47 bits per heavy atom. The van der Waals surface area contributed by atoms with Crippen LogP contribution in [0.4, 0.5) is 0 Å². The highest BCUT2D eigenvalue weighted by atomic mass is 16.1. The van der Waals surface area contributed by atoms with E-state index < -0.39 is 0 Å². The van der Waals surface area contributed by atoms with E-state index in [0.29, 0.717) is 22.4 Å². The van der Waals surface area contributed by atoms with Gasteiger partial charge < -0.3 is 4.98 Å². The van der Waals surface area contributed by atoms with Crippen molar-refractivity contribution >= 4 is 6.29 Å². The van der Waals surface area contributed by atoms with E-state index in [-0.39, 0.29) is 0 Å². The van der Waals surface area contributed by atoms with Crippen LogP contribution < -0.4 is 0 Å². The van der Waals surface area contributed by atoms with Gasteiger partial charge in [-0.15, -0.1) is 6.42 Å². The smallest absolute Gasteiger partial charge is 0.150 e. The van der Waals surface area contributed by atoms with Crippen molar-refractivity contribution in [2.45, 2.75) is 0 Å². The first kappa shape index (κ1) is 9.22. The van der Waals surface area contributed by atoms with Crippen molar-refractivity contribution in [2.75, 3.05) is 0 Å². The molecule has 0 fully saturated rings. The lowest BCUT2D eigenvalue weighted by atomic mass is 10.00. The van der Waals surface area contributed by atoms with Crippen molar-refractivity contribution in [1.82, 2.24) is 9.97 Å². The fourth-order valence-electron chi connectivity index (χ4n) is 1.47. The number of nitrogens with zero attached hydrogens (tertiary/aromatic N) is 1. The molecule has 3 heteroatoms. The highest BCUT2D eigenvalue weighted by molar-refractivity contribution is 5.89. The van der Waals surface area contributed by atoms with E-state index in [1.165, 1.54) is 0 Å². The molecule has 0 bridgehead atoms. The summed E-state index contributed by atoms with van der Waals surface area (Å²) in [6.07, 6.45) is 9.42. The van der Waals surface area contributed by atoms with Crippen molar-refractivity contribution in [2.24, 2.45) is 0 Å². The maximum Gasteiger partial charge on any atom is 0.150 e. The summed E-state index contributed by atoms with van der Waals surface area (Å²) in [6, 6.07) is 5.27. The zero-order valence-corrected chi connectivity index (χ0v) is 7.90. The molecule has 0 saturated heterocycles. The third kappa shape index (κ3) is 1.53. The Labute approximate surface area is 87.2 Å². The van der Waals surface area contributed by atoms with Crippen LogP contribution >= 0.6 is 0 Å². The molecule has 0 unspecified atom stereocenters. The maximum atomic E-state index is 10.9. The number of aromatic nitrogens is 2. The first-order valence-electron chi connectivity index (χ1n) is 4.40. The van der Waals surface area contributed by atoms with Gasteiger partial charge in [0.05, 0.1) is 12.0 Å². The summed E-state index contributed by atoms with van der Waals surface area (Å²) in [6.45, 7) is 0. The first-order chi connectivity index (χ1) is 7.36. The fourth-order valence-corrected chi connectivity index (χ4v) is 1.47. The summed E-state index contributed by atoms with van der Waals surface area (Å²) < 4.78 is 0. The van der Waals surface area contributed by atoms with Crippen LogP contribution in [0.3, 0.4) is 0 Å². The van der Waals surface area contributed by atoms with Gasteiger partial charge in [-0.25, -0.2) is 4.98 Å². The normalized spacial score (nSPS) is 9.53. The standard InChI is InChI=1S/C12H8N2O/c1-2-9-4-3-5-10(7-15)12(9)11-6-13-8-14-11/h1,3-8H,(H,13,14). The molecule has 0 amide bonds. The van der Waals surface area contributed by atoms with Crippen molar-refractivity contribution in [1.29, 1.82) is 0 Å². The molecule has 3 nitrogen and oxygen atoms in total. The Balaban J connectivity index is 2.73. The zero-order valence-electron chi connectivity index (χ0n) is 7.90. The summed E-state index contributed by atoms with van der Waals surface area (Å²) in [5.41, 5.74) is 2.62. The van der Waals surface area contributed by atoms with E-state index in [2.05, 4.69) is 15.9 Å². The average molecular weight is 196 g/mol. The summed E-state index contributed by atoms with van der Waals surface area (Å²) >= 11 is 0. The molecule has 1 aromatic carbocycles. The van der Waals surface area contributed by atoms with Gasteiger partial charge in [0.1, 0.15) is 0 Å². The summed E-state index contributed by atoms with van der Waals surface area (Å²) in [5, 5.41) is 0. The van der Waals surface area contributed by atoms with Gasteiger partial charge in [-0.1, -0.05) is 18.1 Å². The molecule has 0 aliphatic rings. The van der Waals surface area contributed by atoms with Gasteiger partial charge >= 0.3 is 0 Å². The molecular weight excluding hydrogens is 188 g/mol. The number of nitrogens with one attached hydrogen (secondary N) is 1. The van der Waals surface area contributed by atoms with Gasteiger partial charge in [0.2, 0.25) is 0 Å². The molecule has 0 saturated carbocycles. The molecule has 1 heterocycles. The Morgan fingerprint density at radius 2 is 2.33 bits per heavy atom. The summed E-state index contributed by atoms with van der Waals surface area (Å²) in [7, 11) is 0. The lowest BCUT2D eigenvalue weighted by molar-refractivity contribution is 0.112. The van der Waals surface area contributed by atoms with Crippen LogP contribution in [0, 0.1) is 12.3 Å². The molecule has 1 aromatic heterocycles. The number of aldehydes is 1. The van der Waals surface area contributed by atoms with Crippen LogP contribution in [0.1, 0.15) is 15.9 Å². The van der Waals surface area contributed by atoms with Gasteiger partial charge in [0, 0.05) is 22.9 Å². The number of hydrogen-bond donors (Lipinski definition) is 1. The van der Waals surface area contributed by atoms with Crippen LogP contribution in [0.2, 0.25) is 0 Å². The molecule has 1 N–H and O–H groups in total. The van der Waals surface area contributed by atoms with Crippen LogP contribution in [0.15, 0.2) is 30.7 Å². The minimum Gasteiger partial charge on any atom is -0.351 e. The zero-order chi connectivity index (χ0) is 10.7. The SMILES string of the molecule is C#Cc1cccc(C=O)c1-c1c[nH]cn1. The number of imidazole rings is 1. The van der Waals surface area contributed by atoms with Crippen LogP contribution in [-0.4, -0.2) is 16.3 Å². The number of carbonyl (C=O) groups is 1. The van der Waals surface area contributed by atoms with Crippen LogP contribution in [-0.2, 0) is 0 Å². The molecule has 2 rings (SSSR count). The summed E-state index contributed by atoms with van der Waals surface area (Å²) in [5.74, 6) is 2.55. The van der Waals surface area contributed by atoms with Crippen LogP contribution in [0.25, 0.3) is 11.3 Å². The van der Waals surface area contributed by atoms with E-state index in [1.807, 2.05) is 0 Å². The van der Waals surface area contributed by atoms with Gasteiger partial charge in [-0.05, 0) is 6.07 Å². The molecule has 2 aromatic rings. The Kier molecular flexibility index (Phi) is 2.34. The third-order valence-electron chi connectivity index (χ3n) is 2.13. The Bertz CT molecular complexity index is 521. The number of terminal acetylenes is 1. The van der Waals surface area contributed by atoms with E-state index in [9.17, 15) is 4.79 Å². The average Bonchev–Trinajstić information content (AvgIpc) is 2.81. The first-order valence-corrected chi connectivity index (χ1v) is 4.40.